The van der Waals surface area contributed by atoms with E-state index in [1.807, 2.05) is 6.07 Å². The summed E-state index contributed by atoms with van der Waals surface area (Å²) < 4.78 is 3.38. The molecule has 1 aromatic heterocycles. The van der Waals surface area contributed by atoms with Crippen molar-refractivity contribution in [2.45, 2.75) is 4.90 Å². The van der Waals surface area contributed by atoms with Crippen LogP contribution in [0.15, 0.2) is 89.3 Å². The molecule has 122 valence electrons. The lowest BCUT2D eigenvalue weighted by Gasteiger charge is -2.07. The molecule has 4 aromatic rings. The van der Waals surface area contributed by atoms with Gasteiger partial charge in [-0.2, -0.15) is 0 Å². The van der Waals surface area contributed by atoms with Crippen molar-refractivity contribution in [2.75, 3.05) is 4.72 Å². The maximum absolute atomic E-state index is 4.09. The van der Waals surface area contributed by atoms with Crippen molar-refractivity contribution in [3.63, 3.8) is 0 Å². The predicted molar refractivity (Wildman–Crippen MR) is 107 cm³/mol. The second kappa shape index (κ2) is 7.51. The van der Waals surface area contributed by atoms with E-state index in [1.54, 1.807) is 28.8 Å². The lowest BCUT2D eigenvalue weighted by Crippen LogP contribution is -1.87. The van der Waals surface area contributed by atoms with Crippen LogP contribution in [0, 0.1) is 0 Å². The molecule has 0 spiro atoms. The van der Waals surface area contributed by atoms with E-state index in [1.165, 1.54) is 16.0 Å². The fraction of sp³-hybridized carbons (Fsp3) is 0. The van der Waals surface area contributed by atoms with Crippen LogP contribution < -0.4 is 4.72 Å². The molecular formula is C20H15N3S2. The van der Waals surface area contributed by atoms with Crippen LogP contribution in [-0.4, -0.2) is 10.2 Å². The Morgan fingerprint density at radius 2 is 1.40 bits per heavy atom. The van der Waals surface area contributed by atoms with Crippen molar-refractivity contribution in [1.82, 2.24) is 10.2 Å². The average molecular weight is 361 g/mol. The maximum Gasteiger partial charge on any atom is 0.147 e. The van der Waals surface area contributed by atoms with Gasteiger partial charge in [-0.1, -0.05) is 53.8 Å². The van der Waals surface area contributed by atoms with Gasteiger partial charge in [0, 0.05) is 16.1 Å². The number of hydrogen-bond donors (Lipinski definition) is 1. The van der Waals surface area contributed by atoms with E-state index in [9.17, 15) is 0 Å². The number of aromatic nitrogens is 2. The van der Waals surface area contributed by atoms with Gasteiger partial charge in [-0.05, 0) is 59.5 Å². The Morgan fingerprint density at radius 1 is 0.720 bits per heavy atom. The minimum Gasteiger partial charge on any atom is -0.326 e. The largest absolute Gasteiger partial charge is 0.326 e. The summed E-state index contributed by atoms with van der Waals surface area (Å²) in [5, 5.41) is 8.90. The number of anilines is 1. The number of benzene rings is 3. The first kappa shape index (κ1) is 15.9. The first-order valence-electron chi connectivity index (χ1n) is 7.83. The number of nitrogens with zero attached hydrogens (tertiary/aromatic N) is 2. The highest BCUT2D eigenvalue weighted by Crippen LogP contribution is 2.27. The molecule has 0 saturated heterocycles. The molecule has 0 aliphatic heterocycles. The summed E-state index contributed by atoms with van der Waals surface area (Å²) in [6.07, 6.45) is 0. The molecule has 5 heteroatoms. The van der Waals surface area contributed by atoms with E-state index in [0.717, 1.165) is 16.3 Å². The van der Waals surface area contributed by atoms with Crippen molar-refractivity contribution < 1.29 is 0 Å². The Balaban J connectivity index is 1.40. The molecule has 0 amide bonds. The SMILES string of the molecule is c1ccc(-c2ccc(SNc3ccc(-c4nncs4)cc3)cc2)cc1. The molecule has 0 fully saturated rings. The standard InChI is InChI=1S/C20H15N3S2/c1-2-4-15(5-3-1)16-8-12-19(13-9-16)25-23-18-10-6-17(7-11-18)20-22-21-14-24-20/h1-14,23H. The number of hydrogen-bond acceptors (Lipinski definition) is 5. The van der Waals surface area contributed by atoms with E-state index in [4.69, 9.17) is 0 Å². The van der Waals surface area contributed by atoms with E-state index in [0.29, 0.717) is 0 Å². The Labute approximate surface area is 154 Å². The molecule has 0 aliphatic carbocycles. The van der Waals surface area contributed by atoms with Crippen LogP contribution >= 0.6 is 23.3 Å². The minimum atomic E-state index is 0.940. The smallest absolute Gasteiger partial charge is 0.147 e. The average Bonchev–Trinajstić information content (AvgIpc) is 3.23. The van der Waals surface area contributed by atoms with Crippen molar-refractivity contribution in [2.24, 2.45) is 0 Å². The molecule has 4 rings (SSSR count). The van der Waals surface area contributed by atoms with E-state index >= 15 is 0 Å². The molecule has 0 aliphatic rings. The van der Waals surface area contributed by atoms with Crippen molar-refractivity contribution in [3.8, 4) is 21.7 Å². The highest BCUT2D eigenvalue weighted by atomic mass is 32.2. The fourth-order valence-corrected chi connectivity index (χ4v) is 3.65. The third-order valence-electron chi connectivity index (χ3n) is 3.74. The second-order valence-corrected chi connectivity index (χ2v) is 7.13. The first-order valence-corrected chi connectivity index (χ1v) is 9.53. The lowest BCUT2D eigenvalue weighted by atomic mass is 10.1. The molecule has 1 N–H and O–H groups in total. The molecule has 3 nitrogen and oxygen atoms in total. The maximum atomic E-state index is 4.09. The Bertz CT molecular complexity index is 919. The van der Waals surface area contributed by atoms with Gasteiger partial charge in [0.15, 0.2) is 0 Å². The van der Waals surface area contributed by atoms with E-state index < -0.39 is 0 Å². The van der Waals surface area contributed by atoms with Gasteiger partial charge in [0.25, 0.3) is 0 Å². The quantitative estimate of drug-likeness (QED) is 0.443. The second-order valence-electron chi connectivity index (χ2n) is 5.42. The summed E-state index contributed by atoms with van der Waals surface area (Å²) >= 11 is 3.15. The van der Waals surface area contributed by atoms with Crippen LogP contribution in [0.4, 0.5) is 5.69 Å². The Kier molecular flexibility index (Phi) is 4.77. The van der Waals surface area contributed by atoms with Gasteiger partial charge in [0.1, 0.15) is 10.5 Å². The third kappa shape index (κ3) is 3.90. The summed E-state index contributed by atoms with van der Waals surface area (Å²) in [4.78, 5) is 1.17. The van der Waals surface area contributed by atoms with Crippen LogP contribution in [0.3, 0.4) is 0 Å². The summed E-state index contributed by atoms with van der Waals surface area (Å²) in [5.41, 5.74) is 6.36. The van der Waals surface area contributed by atoms with Crippen LogP contribution in [-0.2, 0) is 0 Å². The highest BCUT2D eigenvalue weighted by Gasteiger charge is 2.02. The summed E-state index contributed by atoms with van der Waals surface area (Å²) in [5.74, 6) is 0. The zero-order valence-corrected chi connectivity index (χ0v) is 14.9. The number of rotatable bonds is 5. The molecular weight excluding hydrogens is 346 g/mol. The predicted octanol–water partition coefficient (Wildman–Crippen LogP) is 5.99. The van der Waals surface area contributed by atoms with Crippen LogP contribution in [0.5, 0.6) is 0 Å². The van der Waals surface area contributed by atoms with Crippen LogP contribution in [0.2, 0.25) is 0 Å². The Hall–Kier alpha value is -2.63. The number of nitrogens with one attached hydrogen (secondary N) is 1. The Morgan fingerprint density at radius 3 is 2.08 bits per heavy atom. The van der Waals surface area contributed by atoms with Gasteiger partial charge in [-0.3, -0.25) is 0 Å². The summed E-state index contributed by atoms with van der Waals surface area (Å²) in [6, 6.07) is 27.2. The minimum absolute atomic E-state index is 0.940. The van der Waals surface area contributed by atoms with Gasteiger partial charge in [0.2, 0.25) is 0 Å². The third-order valence-corrected chi connectivity index (χ3v) is 5.33. The van der Waals surface area contributed by atoms with Gasteiger partial charge >= 0.3 is 0 Å². The fourth-order valence-electron chi connectivity index (χ4n) is 2.44. The van der Waals surface area contributed by atoms with Crippen molar-refractivity contribution >= 4 is 29.0 Å². The molecule has 0 saturated carbocycles. The molecule has 3 aromatic carbocycles. The van der Waals surface area contributed by atoms with Gasteiger partial charge in [-0.15, -0.1) is 10.2 Å². The van der Waals surface area contributed by atoms with Crippen molar-refractivity contribution in [3.05, 3.63) is 84.4 Å². The van der Waals surface area contributed by atoms with E-state index in [2.05, 4.69) is 87.7 Å². The zero-order valence-electron chi connectivity index (χ0n) is 13.3. The summed E-state index contributed by atoms with van der Waals surface area (Å²) in [7, 11) is 0. The molecule has 0 unspecified atom stereocenters. The zero-order chi connectivity index (χ0) is 16.9. The lowest BCUT2D eigenvalue weighted by molar-refractivity contribution is 1.10. The topological polar surface area (TPSA) is 37.8 Å². The van der Waals surface area contributed by atoms with Crippen LogP contribution in [0.1, 0.15) is 0 Å². The first-order chi connectivity index (χ1) is 12.4. The highest BCUT2D eigenvalue weighted by molar-refractivity contribution is 8.00. The molecule has 0 atom stereocenters. The summed E-state index contributed by atoms with van der Waals surface area (Å²) in [6.45, 7) is 0. The van der Waals surface area contributed by atoms with Crippen LogP contribution in [0.25, 0.3) is 21.7 Å². The van der Waals surface area contributed by atoms with Gasteiger partial charge < -0.3 is 4.72 Å². The molecule has 25 heavy (non-hydrogen) atoms. The van der Waals surface area contributed by atoms with E-state index in [-0.39, 0.29) is 0 Å². The molecule has 0 radical (unpaired) electrons. The van der Waals surface area contributed by atoms with Gasteiger partial charge in [0.05, 0.1) is 0 Å². The molecule has 0 bridgehead atoms. The molecule has 1 heterocycles. The van der Waals surface area contributed by atoms with Gasteiger partial charge in [-0.25, -0.2) is 0 Å². The normalized spacial score (nSPS) is 10.6. The van der Waals surface area contributed by atoms with Crippen molar-refractivity contribution in [1.29, 1.82) is 0 Å². The monoisotopic (exact) mass is 361 g/mol.